The number of nitrogens with one attached hydrogen (secondary N) is 1. The van der Waals surface area contributed by atoms with Crippen LogP contribution in [0.2, 0.25) is 10.0 Å². The Morgan fingerprint density at radius 1 is 1.30 bits per heavy atom. The smallest absolute Gasteiger partial charge is 0.305 e. The molecule has 0 bridgehead atoms. The summed E-state index contributed by atoms with van der Waals surface area (Å²) in [6.45, 7) is 5.43. The van der Waals surface area contributed by atoms with Crippen LogP contribution >= 0.6 is 23.2 Å². The Kier molecular flexibility index (Phi) is 5.42. The van der Waals surface area contributed by atoms with Crippen LogP contribution in [0.3, 0.4) is 0 Å². The lowest BCUT2D eigenvalue weighted by Crippen LogP contribution is -2.51. The van der Waals surface area contributed by atoms with E-state index in [1.807, 2.05) is 13.8 Å². The van der Waals surface area contributed by atoms with E-state index >= 15 is 0 Å². The average molecular weight is 318 g/mol. The van der Waals surface area contributed by atoms with Crippen LogP contribution in [0.15, 0.2) is 18.2 Å². The van der Waals surface area contributed by atoms with E-state index in [0.29, 0.717) is 10.6 Å². The van der Waals surface area contributed by atoms with Gasteiger partial charge in [0.2, 0.25) is 0 Å². The topological polar surface area (TPSA) is 66.4 Å². The molecule has 0 aliphatic heterocycles. The van der Waals surface area contributed by atoms with Gasteiger partial charge in [0.25, 0.3) is 5.91 Å². The minimum Gasteiger partial charge on any atom is -0.481 e. The van der Waals surface area contributed by atoms with Crippen LogP contribution in [0.25, 0.3) is 0 Å². The van der Waals surface area contributed by atoms with Gasteiger partial charge in [-0.25, -0.2) is 0 Å². The van der Waals surface area contributed by atoms with Gasteiger partial charge in [0.1, 0.15) is 0 Å². The monoisotopic (exact) mass is 317 g/mol. The first-order chi connectivity index (χ1) is 9.15. The fourth-order valence-corrected chi connectivity index (χ4v) is 1.97. The summed E-state index contributed by atoms with van der Waals surface area (Å²) >= 11 is 11.7. The van der Waals surface area contributed by atoms with Crippen LogP contribution < -0.4 is 5.32 Å². The minimum atomic E-state index is -0.962. The van der Waals surface area contributed by atoms with E-state index in [2.05, 4.69) is 5.32 Å². The molecule has 1 amide bonds. The zero-order chi connectivity index (χ0) is 15.5. The molecular weight excluding hydrogens is 301 g/mol. The summed E-state index contributed by atoms with van der Waals surface area (Å²) in [5.41, 5.74) is -0.494. The molecule has 0 spiro atoms. The number of halogens is 2. The molecule has 1 rings (SSSR count). The highest BCUT2D eigenvalue weighted by molar-refractivity contribution is 6.42. The number of amides is 1. The van der Waals surface area contributed by atoms with E-state index in [1.165, 1.54) is 12.1 Å². The van der Waals surface area contributed by atoms with Gasteiger partial charge in [0.15, 0.2) is 0 Å². The highest BCUT2D eigenvalue weighted by atomic mass is 35.5. The van der Waals surface area contributed by atoms with Crippen molar-refractivity contribution in [2.24, 2.45) is 5.92 Å². The fourth-order valence-electron chi connectivity index (χ4n) is 1.68. The van der Waals surface area contributed by atoms with Gasteiger partial charge in [-0.3, -0.25) is 9.59 Å². The summed E-state index contributed by atoms with van der Waals surface area (Å²) in [5.74, 6) is -1.37. The third kappa shape index (κ3) is 4.12. The summed E-state index contributed by atoms with van der Waals surface area (Å²) in [7, 11) is 0. The first-order valence-corrected chi connectivity index (χ1v) is 6.90. The van der Waals surface area contributed by atoms with Gasteiger partial charge in [0, 0.05) is 5.56 Å². The zero-order valence-electron chi connectivity index (χ0n) is 11.5. The van der Waals surface area contributed by atoms with Crippen molar-refractivity contribution in [2.75, 3.05) is 0 Å². The molecule has 110 valence electrons. The molecule has 4 nitrogen and oxygen atoms in total. The van der Waals surface area contributed by atoms with E-state index in [4.69, 9.17) is 28.3 Å². The molecule has 0 radical (unpaired) electrons. The van der Waals surface area contributed by atoms with Crippen molar-refractivity contribution in [1.82, 2.24) is 5.32 Å². The van der Waals surface area contributed by atoms with Crippen LogP contribution in [0.4, 0.5) is 0 Å². The molecule has 2 N–H and O–H groups in total. The summed E-state index contributed by atoms with van der Waals surface area (Å²) in [4.78, 5) is 23.2. The predicted molar refractivity (Wildman–Crippen MR) is 79.4 cm³/mol. The van der Waals surface area contributed by atoms with Crippen LogP contribution in [0, 0.1) is 5.92 Å². The molecule has 0 aromatic heterocycles. The number of hydrogen-bond donors (Lipinski definition) is 2. The van der Waals surface area contributed by atoms with Crippen molar-refractivity contribution in [2.45, 2.75) is 32.7 Å². The van der Waals surface area contributed by atoms with Crippen LogP contribution in [-0.4, -0.2) is 22.5 Å². The molecule has 0 aliphatic rings. The maximum atomic E-state index is 12.2. The second-order valence-electron chi connectivity index (χ2n) is 5.23. The van der Waals surface area contributed by atoms with E-state index in [1.54, 1.807) is 13.0 Å². The Hall–Kier alpha value is -1.26. The molecule has 0 saturated heterocycles. The van der Waals surface area contributed by atoms with Gasteiger partial charge in [-0.1, -0.05) is 37.0 Å². The Morgan fingerprint density at radius 2 is 1.90 bits per heavy atom. The molecule has 0 aliphatic carbocycles. The van der Waals surface area contributed by atoms with Gasteiger partial charge in [-0.2, -0.15) is 0 Å². The van der Waals surface area contributed by atoms with E-state index in [9.17, 15) is 9.59 Å². The van der Waals surface area contributed by atoms with Gasteiger partial charge >= 0.3 is 5.97 Å². The number of hydrogen-bond acceptors (Lipinski definition) is 2. The second kappa shape index (κ2) is 6.46. The fraction of sp³-hybridized carbons (Fsp3) is 0.429. The largest absolute Gasteiger partial charge is 0.481 e. The maximum Gasteiger partial charge on any atom is 0.305 e. The van der Waals surface area contributed by atoms with Gasteiger partial charge < -0.3 is 10.4 Å². The highest BCUT2D eigenvalue weighted by Gasteiger charge is 2.33. The van der Waals surface area contributed by atoms with Crippen molar-refractivity contribution in [1.29, 1.82) is 0 Å². The number of carboxylic acid groups (broad SMARTS) is 1. The van der Waals surface area contributed by atoms with Crippen molar-refractivity contribution in [3.63, 3.8) is 0 Å². The SMILES string of the molecule is CC(C)C(C)(CC(=O)O)NC(=O)c1ccc(Cl)c(Cl)c1. The van der Waals surface area contributed by atoms with Crippen LogP contribution in [0.1, 0.15) is 37.6 Å². The molecule has 1 unspecified atom stereocenters. The van der Waals surface area contributed by atoms with E-state index in [-0.39, 0.29) is 23.3 Å². The number of benzene rings is 1. The molecule has 6 heteroatoms. The van der Waals surface area contributed by atoms with E-state index in [0.717, 1.165) is 0 Å². The maximum absolute atomic E-state index is 12.2. The first-order valence-electron chi connectivity index (χ1n) is 6.15. The molecule has 1 aromatic carbocycles. The molecule has 0 saturated carbocycles. The average Bonchev–Trinajstić information content (AvgIpc) is 2.31. The lowest BCUT2D eigenvalue weighted by atomic mass is 9.85. The van der Waals surface area contributed by atoms with Crippen LogP contribution in [-0.2, 0) is 4.79 Å². The van der Waals surface area contributed by atoms with Gasteiger partial charge in [-0.05, 0) is 31.0 Å². The summed E-state index contributed by atoms with van der Waals surface area (Å²) in [6, 6.07) is 4.54. The lowest BCUT2D eigenvalue weighted by molar-refractivity contribution is -0.138. The Bertz CT molecular complexity index is 531. The third-order valence-electron chi connectivity index (χ3n) is 3.37. The highest BCUT2D eigenvalue weighted by Crippen LogP contribution is 2.25. The van der Waals surface area contributed by atoms with E-state index < -0.39 is 11.5 Å². The number of rotatable bonds is 5. The third-order valence-corrected chi connectivity index (χ3v) is 4.11. The van der Waals surface area contributed by atoms with Crippen molar-refractivity contribution >= 4 is 35.1 Å². The molecule has 0 fully saturated rings. The summed E-state index contributed by atoms with van der Waals surface area (Å²) in [5, 5.41) is 12.4. The Labute approximate surface area is 128 Å². The number of aliphatic carboxylic acids is 1. The summed E-state index contributed by atoms with van der Waals surface area (Å²) < 4.78 is 0. The number of carbonyl (C=O) groups excluding carboxylic acids is 1. The standard InChI is InChI=1S/C14H17Cl2NO3/c1-8(2)14(3,7-12(18)19)17-13(20)9-4-5-10(15)11(16)6-9/h4-6,8H,7H2,1-3H3,(H,17,20)(H,18,19). The Balaban J connectivity index is 2.96. The van der Waals surface area contributed by atoms with Gasteiger partial charge in [0.05, 0.1) is 22.0 Å². The Morgan fingerprint density at radius 3 is 2.35 bits per heavy atom. The quantitative estimate of drug-likeness (QED) is 0.871. The molecule has 1 aromatic rings. The minimum absolute atomic E-state index is 0.0367. The number of carbonyl (C=O) groups is 2. The van der Waals surface area contributed by atoms with Gasteiger partial charge in [-0.15, -0.1) is 0 Å². The zero-order valence-corrected chi connectivity index (χ0v) is 13.0. The molecule has 20 heavy (non-hydrogen) atoms. The van der Waals surface area contributed by atoms with Crippen molar-refractivity contribution in [3.8, 4) is 0 Å². The normalized spacial score (nSPS) is 13.9. The molecular formula is C14H17Cl2NO3. The molecule has 0 heterocycles. The summed E-state index contributed by atoms with van der Waals surface area (Å²) in [6.07, 6.45) is -0.155. The van der Waals surface area contributed by atoms with Crippen molar-refractivity contribution in [3.05, 3.63) is 33.8 Å². The first kappa shape index (κ1) is 16.8. The number of carboxylic acids is 1. The van der Waals surface area contributed by atoms with Crippen LogP contribution in [0.5, 0.6) is 0 Å². The predicted octanol–water partition coefficient (Wildman–Crippen LogP) is 3.61. The van der Waals surface area contributed by atoms with Crippen molar-refractivity contribution < 1.29 is 14.7 Å². The lowest BCUT2D eigenvalue weighted by Gasteiger charge is -2.33. The second-order valence-corrected chi connectivity index (χ2v) is 6.04. The molecule has 1 atom stereocenters.